The number of hydrogen-bond acceptors (Lipinski definition) is 2. The Morgan fingerprint density at radius 1 is 1.50 bits per heavy atom. The van der Waals surface area contributed by atoms with Crippen molar-refractivity contribution in [1.82, 2.24) is 0 Å². The number of hydrogen-bond donors (Lipinski definition) is 0. The second-order valence-electron chi connectivity index (χ2n) is 3.74. The SMILES string of the molecule is CC(C)(C)OC1=CC(=S)CC=[C]1. The van der Waals surface area contributed by atoms with Crippen LogP contribution in [0.25, 0.3) is 0 Å². The van der Waals surface area contributed by atoms with Gasteiger partial charge in [0.1, 0.15) is 11.4 Å². The van der Waals surface area contributed by atoms with E-state index in [0.29, 0.717) is 0 Å². The van der Waals surface area contributed by atoms with Gasteiger partial charge in [-0.15, -0.1) is 0 Å². The number of allylic oxidation sites excluding steroid dienone is 3. The quantitative estimate of drug-likeness (QED) is 0.575. The van der Waals surface area contributed by atoms with Crippen molar-refractivity contribution in [2.75, 3.05) is 0 Å². The van der Waals surface area contributed by atoms with Crippen molar-refractivity contribution in [3.8, 4) is 0 Å². The largest absolute Gasteiger partial charge is 0.487 e. The summed E-state index contributed by atoms with van der Waals surface area (Å²) >= 11 is 5.04. The highest BCUT2D eigenvalue weighted by atomic mass is 32.1. The molecule has 0 aromatic rings. The maximum absolute atomic E-state index is 5.58. The van der Waals surface area contributed by atoms with Gasteiger partial charge in [0.15, 0.2) is 0 Å². The third-order valence-corrected chi connectivity index (χ3v) is 1.54. The topological polar surface area (TPSA) is 9.23 Å². The molecule has 0 unspecified atom stereocenters. The van der Waals surface area contributed by atoms with Crippen LogP contribution in [0, 0.1) is 6.08 Å². The summed E-state index contributed by atoms with van der Waals surface area (Å²) < 4.78 is 5.58. The molecule has 0 aliphatic heterocycles. The smallest absolute Gasteiger partial charge is 0.128 e. The highest BCUT2D eigenvalue weighted by Gasteiger charge is 2.13. The van der Waals surface area contributed by atoms with Crippen LogP contribution in [0.3, 0.4) is 0 Å². The molecule has 1 aliphatic rings. The summed E-state index contributed by atoms with van der Waals surface area (Å²) in [5.74, 6) is 0.749. The van der Waals surface area contributed by atoms with Crippen molar-refractivity contribution in [2.24, 2.45) is 0 Å². The molecule has 0 fully saturated rings. The van der Waals surface area contributed by atoms with Gasteiger partial charge in [0.25, 0.3) is 0 Å². The van der Waals surface area contributed by atoms with Crippen molar-refractivity contribution in [3.05, 3.63) is 24.0 Å². The molecule has 0 N–H and O–H groups in total. The molecule has 0 heterocycles. The van der Waals surface area contributed by atoms with Crippen molar-refractivity contribution in [2.45, 2.75) is 32.8 Å². The first-order valence-corrected chi connectivity index (χ1v) is 4.40. The summed E-state index contributed by atoms with van der Waals surface area (Å²) in [5.41, 5.74) is -0.167. The molecule has 65 valence electrons. The van der Waals surface area contributed by atoms with Gasteiger partial charge in [-0.25, -0.2) is 0 Å². The summed E-state index contributed by atoms with van der Waals surface area (Å²) in [6.45, 7) is 6.02. The van der Waals surface area contributed by atoms with E-state index in [-0.39, 0.29) is 5.60 Å². The minimum absolute atomic E-state index is 0.167. The van der Waals surface area contributed by atoms with E-state index < -0.39 is 0 Å². The average Bonchev–Trinajstić information content (AvgIpc) is 1.82. The molecule has 1 aliphatic carbocycles. The monoisotopic (exact) mass is 181 g/mol. The first-order valence-electron chi connectivity index (χ1n) is 3.99. The predicted molar refractivity (Wildman–Crippen MR) is 53.9 cm³/mol. The van der Waals surface area contributed by atoms with Crippen LogP contribution in [0.5, 0.6) is 0 Å². The van der Waals surface area contributed by atoms with Crippen LogP contribution in [0.4, 0.5) is 0 Å². The lowest BCUT2D eigenvalue weighted by molar-refractivity contribution is 0.0584. The van der Waals surface area contributed by atoms with Crippen LogP contribution >= 0.6 is 12.2 Å². The summed E-state index contributed by atoms with van der Waals surface area (Å²) in [6.07, 6.45) is 7.61. The van der Waals surface area contributed by atoms with Gasteiger partial charge in [0, 0.05) is 17.4 Å². The van der Waals surface area contributed by atoms with Crippen molar-refractivity contribution >= 4 is 17.1 Å². The Morgan fingerprint density at radius 3 is 2.67 bits per heavy atom. The average molecular weight is 181 g/mol. The maximum atomic E-state index is 5.58. The summed E-state index contributed by atoms with van der Waals surface area (Å²) in [6, 6.07) is 0. The molecule has 0 aromatic heterocycles. The summed E-state index contributed by atoms with van der Waals surface area (Å²) in [5, 5.41) is 0. The lowest BCUT2D eigenvalue weighted by Gasteiger charge is -2.22. The molecule has 0 saturated carbocycles. The van der Waals surface area contributed by atoms with Crippen LogP contribution in [0.1, 0.15) is 27.2 Å². The second kappa shape index (κ2) is 3.40. The molecular formula is C10H13OS. The highest BCUT2D eigenvalue weighted by molar-refractivity contribution is 7.80. The number of rotatable bonds is 1. The van der Waals surface area contributed by atoms with Gasteiger partial charge in [-0.05, 0) is 26.8 Å². The molecule has 0 saturated heterocycles. The van der Waals surface area contributed by atoms with E-state index >= 15 is 0 Å². The molecule has 0 aromatic carbocycles. The third kappa shape index (κ3) is 3.18. The Labute approximate surface area is 79.1 Å². The van der Waals surface area contributed by atoms with Crippen molar-refractivity contribution in [3.63, 3.8) is 0 Å². The Bertz CT molecular complexity index is 243. The fourth-order valence-corrected chi connectivity index (χ4v) is 1.08. The van der Waals surface area contributed by atoms with Gasteiger partial charge < -0.3 is 4.74 Å². The highest BCUT2D eigenvalue weighted by Crippen LogP contribution is 2.17. The van der Waals surface area contributed by atoms with E-state index in [4.69, 9.17) is 17.0 Å². The maximum Gasteiger partial charge on any atom is 0.128 e. The van der Waals surface area contributed by atoms with Crippen molar-refractivity contribution < 1.29 is 4.74 Å². The standard InChI is InChI=1S/C10H13OS/c1-10(2,3)11-8-5-4-6-9(12)7-8/h4,7H,6H2,1-3H3. The molecular weight excluding hydrogens is 168 g/mol. The number of ether oxygens (including phenoxy) is 1. The van der Waals surface area contributed by atoms with E-state index in [0.717, 1.165) is 17.0 Å². The molecule has 2 heteroatoms. The molecule has 1 radical (unpaired) electrons. The normalized spacial score (nSPS) is 17.6. The van der Waals surface area contributed by atoms with Gasteiger partial charge in [0.2, 0.25) is 0 Å². The van der Waals surface area contributed by atoms with E-state index in [2.05, 4.69) is 6.08 Å². The molecule has 0 atom stereocenters. The van der Waals surface area contributed by atoms with Gasteiger partial charge in [-0.3, -0.25) is 0 Å². The zero-order valence-corrected chi connectivity index (χ0v) is 8.49. The van der Waals surface area contributed by atoms with Gasteiger partial charge >= 0.3 is 0 Å². The first-order chi connectivity index (χ1) is 5.47. The van der Waals surface area contributed by atoms with Gasteiger partial charge in [-0.1, -0.05) is 18.3 Å². The Hall–Kier alpha value is -0.630. The molecule has 0 bridgehead atoms. The van der Waals surface area contributed by atoms with Crippen LogP contribution in [-0.4, -0.2) is 10.5 Å². The van der Waals surface area contributed by atoms with Gasteiger partial charge in [0.05, 0.1) is 0 Å². The Balaban J connectivity index is 2.64. The fourth-order valence-electron chi connectivity index (χ4n) is 0.888. The lowest BCUT2D eigenvalue weighted by Crippen LogP contribution is -2.19. The van der Waals surface area contributed by atoms with Crippen LogP contribution in [-0.2, 0) is 4.74 Å². The predicted octanol–water partition coefficient (Wildman–Crippen LogP) is 2.82. The summed E-state index contributed by atoms with van der Waals surface area (Å²) in [7, 11) is 0. The summed E-state index contributed by atoms with van der Waals surface area (Å²) in [4.78, 5) is 0.910. The van der Waals surface area contributed by atoms with Gasteiger partial charge in [-0.2, -0.15) is 0 Å². The van der Waals surface area contributed by atoms with E-state index in [9.17, 15) is 0 Å². The van der Waals surface area contributed by atoms with Crippen molar-refractivity contribution in [1.29, 1.82) is 0 Å². The Kier molecular flexibility index (Phi) is 2.68. The third-order valence-electron chi connectivity index (χ3n) is 1.26. The van der Waals surface area contributed by atoms with E-state index in [1.807, 2.05) is 32.9 Å². The van der Waals surface area contributed by atoms with Crippen LogP contribution in [0.15, 0.2) is 17.9 Å². The minimum atomic E-state index is -0.167. The van der Waals surface area contributed by atoms with E-state index in [1.54, 1.807) is 0 Å². The lowest BCUT2D eigenvalue weighted by atomic mass is 10.1. The molecule has 1 nitrogen and oxygen atoms in total. The molecule has 0 amide bonds. The van der Waals surface area contributed by atoms with Crippen LogP contribution < -0.4 is 0 Å². The zero-order valence-electron chi connectivity index (χ0n) is 7.68. The number of thiocarbonyl (C=S) groups is 1. The fraction of sp³-hybridized carbons (Fsp3) is 0.500. The molecule has 0 spiro atoms. The first kappa shape index (κ1) is 9.46. The molecule has 12 heavy (non-hydrogen) atoms. The van der Waals surface area contributed by atoms with E-state index in [1.165, 1.54) is 0 Å². The second-order valence-corrected chi connectivity index (χ2v) is 4.27. The van der Waals surface area contributed by atoms with Crippen LogP contribution in [0.2, 0.25) is 0 Å². The Morgan fingerprint density at radius 2 is 2.17 bits per heavy atom. The zero-order chi connectivity index (χ0) is 9.19. The minimum Gasteiger partial charge on any atom is -0.487 e. The molecule has 1 rings (SSSR count).